The summed E-state index contributed by atoms with van der Waals surface area (Å²) in [5.74, 6) is 0. The lowest BCUT2D eigenvalue weighted by atomic mass is 10.0. The van der Waals surface area contributed by atoms with Crippen LogP contribution in [0, 0.1) is 11.3 Å². The van der Waals surface area contributed by atoms with Crippen LogP contribution >= 0.6 is 23.2 Å². The van der Waals surface area contributed by atoms with E-state index in [1.54, 1.807) is 18.2 Å². The quantitative estimate of drug-likeness (QED) is 0.864. The molecule has 0 radical (unpaired) electrons. The van der Waals surface area contributed by atoms with Crippen molar-refractivity contribution in [2.75, 3.05) is 0 Å². The zero-order chi connectivity index (χ0) is 10.6. The largest absolute Gasteiger partial charge is 0.324 e. The van der Waals surface area contributed by atoms with E-state index in [1.165, 1.54) is 0 Å². The van der Waals surface area contributed by atoms with Gasteiger partial charge < -0.3 is 5.73 Å². The van der Waals surface area contributed by atoms with Gasteiger partial charge in [-0.2, -0.15) is 5.26 Å². The molecule has 0 saturated heterocycles. The average molecular weight is 229 g/mol. The Kier molecular flexibility index (Phi) is 4.21. The molecule has 0 fully saturated rings. The predicted molar refractivity (Wildman–Crippen MR) is 58.2 cm³/mol. The van der Waals surface area contributed by atoms with Gasteiger partial charge in [0.05, 0.1) is 6.07 Å². The SMILES string of the molecule is N#CCCC(N)c1ccc(Cl)cc1Cl. The number of rotatable bonds is 3. The first-order chi connectivity index (χ1) is 6.65. The van der Waals surface area contributed by atoms with Gasteiger partial charge in [0.25, 0.3) is 0 Å². The Morgan fingerprint density at radius 3 is 2.71 bits per heavy atom. The van der Waals surface area contributed by atoms with E-state index in [-0.39, 0.29) is 6.04 Å². The summed E-state index contributed by atoms with van der Waals surface area (Å²) < 4.78 is 0. The standard InChI is InChI=1S/C10H10Cl2N2/c11-7-3-4-8(9(12)6-7)10(14)2-1-5-13/h3-4,6,10H,1-2,14H2. The molecular weight excluding hydrogens is 219 g/mol. The molecule has 14 heavy (non-hydrogen) atoms. The molecule has 0 aromatic heterocycles. The van der Waals surface area contributed by atoms with Crippen LogP contribution in [0.15, 0.2) is 18.2 Å². The molecule has 1 atom stereocenters. The number of nitrogens with two attached hydrogens (primary N) is 1. The molecule has 2 N–H and O–H groups in total. The number of hydrogen-bond acceptors (Lipinski definition) is 2. The van der Waals surface area contributed by atoms with Gasteiger partial charge in [0, 0.05) is 22.5 Å². The Morgan fingerprint density at radius 2 is 2.14 bits per heavy atom. The Morgan fingerprint density at radius 1 is 1.43 bits per heavy atom. The molecule has 0 spiro atoms. The predicted octanol–water partition coefficient (Wildman–Crippen LogP) is 3.30. The maximum Gasteiger partial charge on any atom is 0.0622 e. The highest BCUT2D eigenvalue weighted by molar-refractivity contribution is 6.35. The zero-order valence-electron chi connectivity index (χ0n) is 7.50. The summed E-state index contributed by atoms with van der Waals surface area (Å²) >= 11 is 11.7. The van der Waals surface area contributed by atoms with Gasteiger partial charge >= 0.3 is 0 Å². The second-order valence-electron chi connectivity index (χ2n) is 2.97. The van der Waals surface area contributed by atoms with E-state index in [4.69, 9.17) is 34.2 Å². The molecule has 0 bridgehead atoms. The molecule has 74 valence electrons. The minimum Gasteiger partial charge on any atom is -0.324 e. The lowest BCUT2D eigenvalue weighted by molar-refractivity contribution is 0.665. The maximum absolute atomic E-state index is 8.42. The molecule has 1 aromatic carbocycles. The van der Waals surface area contributed by atoms with E-state index in [0.29, 0.717) is 22.9 Å². The highest BCUT2D eigenvalue weighted by Gasteiger charge is 2.09. The van der Waals surface area contributed by atoms with Crippen molar-refractivity contribution in [2.24, 2.45) is 5.73 Å². The third-order valence-electron chi connectivity index (χ3n) is 1.93. The molecule has 1 unspecified atom stereocenters. The summed E-state index contributed by atoms with van der Waals surface area (Å²) in [6, 6.07) is 7.06. The van der Waals surface area contributed by atoms with Crippen molar-refractivity contribution in [1.29, 1.82) is 5.26 Å². The highest BCUT2D eigenvalue weighted by Crippen LogP contribution is 2.27. The molecule has 0 saturated carbocycles. The molecule has 0 amide bonds. The van der Waals surface area contributed by atoms with Gasteiger partial charge in [0.2, 0.25) is 0 Å². The summed E-state index contributed by atoms with van der Waals surface area (Å²) in [7, 11) is 0. The summed E-state index contributed by atoms with van der Waals surface area (Å²) in [5.41, 5.74) is 6.69. The molecular formula is C10H10Cl2N2. The second kappa shape index (κ2) is 5.21. The van der Waals surface area contributed by atoms with Gasteiger partial charge in [-0.1, -0.05) is 29.3 Å². The fourth-order valence-corrected chi connectivity index (χ4v) is 1.73. The smallest absolute Gasteiger partial charge is 0.0622 e. The minimum atomic E-state index is -0.195. The number of hydrogen-bond donors (Lipinski definition) is 1. The van der Waals surface area contributed by atoms with E-state index in [0.717, 1.165) is 5.56 Å². The Bertz CT molecular complexity index is 358. The van der Waals surface area contributed by atoms with Gasteiger partial charge in [-0.15, -0.1) is 0 Å². The van der Waals surface area contributed by atoms with Crippen molar-refractivity contribution < 1.29 is 0 Å². The highest BCUT2D eigenvalue weighted by atomic mass is 35.5. The van der Waals surface area contributed by atoms with Crippen molar-refractivity contribution >= 4 is 23.2 Å². The van der Waals surface area contributed by atoms with Crippen LogP contribution in [-0.2, 0) is 0 Å². The van der Waals surface area contributed by atoms with Gasteiger partial charge in [0.1, 0.15) is 0 Å². The van der Waals surface area contributed by atoms with Crippen molar-refractivity contribution in [3.63, 3.8) is 0 Å². The second-order valence-corrected chi connectivity index (χ2v) is 3.81. The molecule has 1 rings (SSSR count). The number of halogens is 2. The summed E-state index contributed by atoms with van der Waals surface area (Å²) in [5, 5.41) is 9.56. The van der Waals surface area contributed by atoms with Crippen molar-refractivity contribution in [2.45, 2.75) is 18.9 Å². The third-order valence-corrected chi connectivity index (χ3v) is 2.49. The summed E-state index contributed by atoms with van der Waals surface area (Å²) in [4.78, 5) is 0. The minimum absolute atomic E-state index is 0.195. The first-order valence-corrected chi connectivity index (χ1v) is 4.98. The maximum atomic E-state index is 8.42. The Labute approximate surface area is 93.2 Å². The molecule has 4 heteroatoms. The van der Waals surface area contributed by atoms with Crippen LogP contribution in [0.25, 0.3) is 0 Å². The van der Waals surface area contributed by atoms with Gasteiger partial charge in [-0.3, -0.25) is 0 Å². The lowest BCUT2D eigenvalue weighted by Gasteiger charge is -2.11. The monoisotopic (exact) mass is 228 g/mol. The molecule has 2 nitrogen and oxygen atoms in total. The zero-order valence-corrected chi connectivity index (χ0v) is 9.02. The van der Waals surface area contributed by atoms with Crippen LogP contribution in [0.1, 0.15) is 24.4 Å². The fourth-order valence-electron chi connectivity index (χ4n) is 1.18. The molecule has 0 heterocycles. The van der Waals surface area contributed by atoms with Crippen LogP contribution < -0.4 is 5.73 Å². The van der Waals surface area contributed by atoms with Gasteiger partial charge in [-0.25, -0.2) is 0 Å². The number of nitrogens with zero attached hydrogens (tertiary/aromatic N) is 1. The first kappa shape index (κ1) is 11.3. The van der Waals surface area contributed by atoms with E-state index in [1.807, 2.05) is 0 Å². The summed E-state index contributed by atoms with van der Waals surface area (Å²) in [6.45, 7) is 0. The average Bonchev–Trinajstić information content (AvgIpc) is 2.14. The Balaban J connectivity index is 2.80. The van der Waals surface area contributed by atoms with Crippen molar-refractivity contribution in [3.05, 3.63) is 33.8 Å². The van der Waals surface area contributed by atoms with E-state index in [9.17, 15) is 0 Å². The van der Waals surface area contributed by atoms with E-state index in [2.05, 4.69) is 6.07 Å². The molecule has 0 aliphatic heterocycles. The van der Waals surface area contributed by atoms with Crippen molar-refractivity contribution in [3.8, 4) is 6.07 Å². The van der Waals surface area contributed by atoms with Crippen LogP contribution in [0.2, 0.25) is 10.0 Å². The van der Waals surface area contributed by atoms with Gasteiger partial charge in [-0.05, 0) is 24.1 Å². The lowest BCUT2D eigenvalue weighted by Crippen LogP contribution is -2.10. The normalized spacial score (nSPS) is 12.1. The number of nitriles is 1. The fraction of sp³-hybridized carbons (Fsp3) is 0.300. The van der Waals surface area contributed by atoms with E-state index >= 15 is 0 Å². The van der Waals surface area contributed by atoms with Gasteiger partial charge in [0.15, 0.2) is 0 Å². The third kappa shape index (κ3) is 2.88. The van der Waals surface area contributed by atoms with Crippen LogP contribution in [-0.4, -0.2) is 0 Å². The topological polar surface area (TPSA) is 49.8 Å². The first-order valence-electron chi connectivity index (χ1n) is 4.22. The molecule has 1 aromatic rings. The number of benzene rings is 1. The van der Waals surface area contributed by atoms with E-state index < -0.39 is 0 Å². The van der Waals surface area contributed by atoms with Crippen molar-refractivity contribution in [1.82, 2.24) is 0 Å². The van der Waals surface area contributed by atoms with Crippen LogP contribution in [0.5, 0.6) is 0 Å². The van der Waals surface area contributed by atoms with Crippen LogP contribution in [0.4, 0.5) is 0 Å². The van der Waals surface area contributed by atoms with Crippen LogP contribution in [0.3, 0.4) is 0 Å². The molecule has 0 aliphatic carbocycles. The summed E-state index contributed by atoms with van der Waals surface area (Å²) in [6.07, 6.45) is 1.04. The Hall–Kier alpha value is -0.750. The molecule has 0 aliphatic rings.